The fourth-order valence-electron chi connectivity index (χ4n) is 1.40. The molecule has 8 heteroatoms. The van der Waals surface area contributed by atoms with Crippen LogP contribution < -0.4 is 10.6 Å². The van der Waals surface area contributed by atoms with Crippen molar-refractivity contribution in [3.05, 3.63) is 16.5 Å². The van der Waals surface area contributed by atoms with Crippen LogP contribution in [-0.4, -0.2) is 41.7 Å². The second-order valence-electron chi connectivity index (χ2n) is 3.42. The monoisotopic (exact) mass is 276 g/mol. The van der Waals surface area contributed by atoms with E-state index in [0.717, 1.165) is 0 Å². The van der Waals surface area contributed by atoms with Crippen LogP contribution in [0.15, 0.2) is 6.07 Å². The fourth-order valence-corrected chi connectivity index (χ4v) is 1.81. The largest absolute Gasteiger partial charge is 0.378 e. The van der Waals surface area contributed by atoms with Gasteiger partial charge in [0.15, 0.2) is 0 Å². The number of carbonyl (C=O) groups is 1. The first-order chi connectivity index (χ1) is 8.15. The summed E-state index contributed by atoms with van der Waals surface area (Å²) >= 11 is 11.3. The number of hydrogen-bond donors (Lipinski definition) is 2. The Kier molecular flexibility index (Phi) is 4.11. The molecule has 1 amide bonds. The Labute approximate surface area is 108 Å². The van der Waals surface area contributed by atoms with Crippen molar-refractivity contribution in [2.75, 3.05) is 25.1 Å². The van der Waals surface area contributed by atoms with E-state index in [1.54, 1.807) is 0 Å². The second-order valence-corrected chi connectivity index (χ2v) is 4.14. The third kappa shape index (κ3) is 3.50. The molecule has 0 bridgehead atoms. The lowest BCUT2D eigenvalue weighted by Crippen LogP contribution is -2.48. The molecule has 1 atom stereocenters. The Balaban J connectivity index is 2.01. The van der Waals surface area contributed by atoms with Gasteiger partial charge in [0.25, 0.3) is 0 Å². The zero-order valence-electron chi connectivity index (χ0n) is 8.74. The van der Waals surface area contributed by atoms with Gasteiger partial charge >= 0.3 is 0 Å². The maximum atomic E-state index is 11.8. The first kappa shape index (κ1) is 12.5. The number of carbonyl (C=O) groups excluding carboxylic acids is 1. The number of amides is 1. The van der Waals surface area contributed by atoms with Crippen LogP contribution >= 0.6 is 23.2 Å². The molecular formula is C9H10Cl2N4O2. The highest BCUT2D eigenvalue weighted by Gasteiger charge is 2.21. The molecule has 0 radical (unpaired) electrons. The lowest BCUT2D eigenvalue weighted by molar-refractivity contribution is -0.120. The Morgan fingerprint density at radius 3 is 3.00 bits per heavy atom. The van der Waals surface area contributed by atoms with Gasteiger partial charge in [-0.1, -0.05) is 11.6 Å². The van der Waals surface area contributed by atoms with Crippen LogP contribution in [0.2, 0.25) is 10.4 Å². The highest BCUT2D eigenvalue weighted by Crippen LogP contribution is 2.14. The molecule has 1 aromatic rings. The van der Waals surface area contributed by atoms with E-state index in [4.69, 9.17) is 27.9 Å². The molecule has 92 valence electrons. The van der Waals surface area contributed by atoms with Crippen molar-refractivity contribution in [2.45, 2.75) is 6.04 Å². The van der Waals surface area contributed by atoms with Gasteiger partial charge < -0.3 is 15.4 Å². The van der Waals surface area contributed by atoms with E-state index in [2.05, 4.69) is 20.6 Å². The summed E-state index contributed by atoms with van der Waals surface area (Å²) < 4.78 is 5.18. The van der Waals surface area contributed by atoms with Gasteiger partial charge in [0.2, 0.25) is 11.2 Å². The van der Waals surface area contributed by atoms with Crippen LogP contribution in [0, 0.1) is 0 Å². The number of nitrogens with zero attached hydrogens (tertiary/aromatic N) is 2. The second kappa shape index (κ2) is 5.59. The van der Waals surface area contributed by atoms with Crippen molar-refractivity contribution in [3.63, 3.8) is 0 Å². The minimum absolute atomic E-state index is 0.0133. The Morgan fingerprint density at radius 2 is 2.35 bits per heavy atom. The van der Waals surface area contributed by atoms with Crippen molar-refractivity contribution in [2.24, 2.45) is 0 Å². The number of hydrogen-bond acceptors (Lipinski definition) is 5. The van der Waals surface area contributed by atoms with Gasteiger partial charge in [-0.15, -0.1) is 0 Å². The molecule has 1 unspecified atom stereocenters. The molecule has 1 fully saturated rings. The third-order valence-corrected chi connectivity index (χ3v) is 2.52. The molecule has 0 aliphatic carbocycles. The molecular weight excluding hydrogens is 267 g/mol. The number of ether oxygens (including phenoxy) is 1. The maximum absolute atomic E-state index is 11.8. The fraction of sp³-hybridized carbons (Fsp3) is 0.444. The summed E-state index contributed by atoms with van der Waals surface area (Å²) in [6, 6.07) is 1.03. The SMILES string of the molecule is O=C(Nc1cc(Cl)nc(Cl)n1)C1COCCN1. The average Bonchev–Trinajstić information content (AvgIpc) is 2.28. The number of halogens is 2. The van der Waals surface area contributed by atoms with Crippen LogP contribution in [0.1, 0.15) is 0 Å². The van der Waals surface area contributed by atoms with Crippen molar-refractivity contribution < 1.29 is 9.53 Å². The Hall–Kier alpha value is -0.950. The van der Waals surface area contributed by atoms with E-state index in [1.165, 1.54) is 6.07 Å². The molecule has 6 nitrogen and oxygen atoms in total. The van der Waals surface area contributed by atoms with E-state index in [0.29, 0.717) is 19.8 Å². The molecule has 0 saturated carbocycles. The van der Waals surface area contributed by atoms with Crippen LogP contribution in [0.3, 0.4) is 0 Å². The highest BCUT2D eigenvalue weighted by molar-refractivity contribution is 6.32. The van der Waals surface area contributed by atoms with E-state index in [1.807, 2.05) is 0 Å². The smallest absolute Gasteiger partial charge is 0.245 e. The van der Waals surface area contributed by atoms with Crippen LogP contribution in [-0.2, 0) is 9.53 Å². The number of rotatable bonds is 2. The molecule has 1 aliphatic rings. The Bertz CT molecular complexity index is 403. The van der Waals surface area contributed by atoms with Gasteiger partial charge in [-0.2, -0.15) is 0 Å². The normalized spacial score (nSPS) is 20.0. The van der Waals surface area contributed by atoms with Crippen molar-refractivity contribution in [1.82, 2.24) is 15.3 Å². The van der Waals surface area contributed by atoms with Crippen LogP contribution in [0.4, 0.5) is 5.82 Å². The van der Waals surface area contributed by atoms with E-state index in [-0.39, 0.29) is 22.2 Å². The molecule has 0 spiro atoms. The molecule has 1 saturated heterocycles. The molecule has 0 aromatic carbocycles. The quantitative estimate of drug-likeness (QED) is 0.615. The predicted molar refractivity (Wildman–Crippen MR) is 63.3 cm³/mol. The van der Waals surface area contributed by atoms with Crippen molar-refractivity contribution in [3.8, 4) is 0 Å². The summed E-state index contributed by atoms with van der Waals surface area (Å²) in [4.78, 5) is 19.3. The average molecular weight is 277 g/mol. The minimum atomic E-state index is -0.392. The van der Waals surface area contributed by atoms with Crippen LogP contribution in [0.5, 0.6) is 0 Å². The number of nitrogens with one attached hydrogen (secondary N) is 2. The van der Waals surface area contributed by atoms with E-state index >= 15 is 0 Å². The summed E-state index contributed by atoms with van der Waals surface area (Å²) in [5.41, 5.74) is 0. The number of aromatic nitrogens is 2. The molecule has 2 N–H and O–H groups in total. The van der Waals surface area contributed by atoms with Gasteiger partial charge in [-0.25, -0.2) is 9.97 Å². The standard InChI is InChI=1S/C9H10Cl2N4O2/c10-6-3-7(15-9(11)13-6)14-8(16)5-4-17-2-1-12-5/h3,5,12H,1-2,4H2,(H,13,14,15,16). The van der Waals surface area contributed by atoms with E-state index < -0.39 is 6.04 Å². The zero-order chi connectivity index (χ0) is 12.3. The molecule has 17 heavy (non-hydrogen) atoms. The lowest BCUT2D eigenvalue weighted by Gasteiger charge is -2.22. The van der Waals surface area contributed by atoms with Gasteiger partial charge in [0.05, 0.1) is 13.2 Å². The number of morpholine rings is 1. The zero-order valence-corrected chi connectivity index (χ0v) is 10.3. The topological polar surface area (TPSA) is 76.1 Å². The summed E-state index contributed by atoms with van der Waals surface area (Å²) in [6.45, 7) is 1.58. The van der Waals surface area contributed by atoms with Gasteiger partial charge in [0, 0.05) is 12.6 Å². The molecule has 2 rings (SSSR count). The summed E-state index contributed by atoms with van der Waals surface area (Å²) in [5, 5.41) is 5.77. The van der Waals surface area contributed by atoms with Crippen LogP contribution in [0.25, 0.3) is 0 Å². The highest BCUT2D eigenvalue weighted by atomic mass is 35.5. The van der Waals surface area contributed by atoms with Gasteiger partial charge in [-0.05, 0) is 11.6 Å². The first-order valence-electron chi connectivity index (χ1n) is 4.97. The summed E-state index contributed by atoms with van der Waals surface area (Å²) in [5.74, 6) is 0.0305. The molecule has 1 aromatic heterocycles. The summed E-state index contributed by atoms with van der Waals surface area (Å²) in [6.07, 6.45) is 0. The Morgan fingerprint density at radius 1 is 1.53 bits per heavy atom. The summed E-state index contributed by atoms with van der Waals surface area (Å²) in [7, 11) is 0. The first-order valence-corrected chi connectivity index (χ1v) is 5.73. The number of anilines is 1. The third-order valence-electron chi connectivity index (χ3n) is 2.16. The van der Waals surface area contributed by atoms with Crippen molar-refractivity contribution in [1.29, 1.82) is 0 Å². The minimum Gasteiger partial charge on any atom is -0.378 e. The van der Waals surface area contributed by atoms with Crippen molar-refractivity contribution >= 4 is 34.9 Å². The van der Waals surface area contributed by atoms with E-state index in [9.17, 15) is 4.79 Å². The lowest BCUT2D eigenvalue weighted by atomic mass is 10.2. The predicted octanol–water partition coefficient (Wildman–Crippen LogP) is 0.710. The molecule has 2 heterocycles. The van der Waals surface area contributed by atoms with Gasteiger partial charge in [-0.3, -0.25) is 4.79 Å². The maximum Gasteiger partial charge on any atom is 0.245 e. The van der Waals surface area contributed by atoms with Gasteiger partial charge in [0.1, 0.15) is 17.0 Å². The molecule has 1 aliphatic heterocycles.